The fraction of sp³-hybridized carbons (Fsp3) is 0.556. The van der Waals surface area contributed by atoms with Crippen LogP contribution in [-0.4, -0.2) is 24.4 Å². The van der Waals surface area contributed by atoms with Gasteiger partial charge in [-0.15, -0.1) is 0 Å². The SMILES string of the molecule is CCCNC(=O)C(CC(C)C)NC(=O)c1cc(C)cc(C)c1. The molecule has 0 radical (unpaired) electrons. The van der Waals surface area contributed by atoms with Crippen molar-refractivity contribution in [3.05, 3.63) is 34.9 Å². The van der Waals surface area contributed by atoms with Crippen LogP contribution in [0.3, 0.4) is 0 Å². The third kappa shape index (κ3) is 5.88. The third-order valence-electron chi connectivity index (χ3n) is 3.36. The van der Waals surface area contributed by atoms with E-state index in [0.29, 0.717) is 24.4 Å². The van der Waals surface area contributed by atoms with Crippen LogP contribution in [0, 0.1) is 19.8 Å². The van der Waals surface area contributed by atoms with Crippen molar-refractivity contribution in [2.45, 2.75) is 53.5 Å². The van der Waals surface area contributed by atoms with Crippen molar-refractivity contribution in [3.8, 4) is 0 Å². The molecule has 0 fully saturated rings. The van der Waals surface area contributed by atoms with Crippen LogP contribution in [0.1, 0.15) is 55.1 Å². The Bertz CT molecular complexity index is 504. The van der Waals surface area contributed by atoms with Gasteiger partial charge in [-0.25, -0.2) is 0 Å². The average molecular weight is 304 g/mol. The summed E-state index contributed by atoms with van der Waals surface area (Å²) in [5.41, 5.74) is 2.69. The fourth-order valence-corrected chi connectivity index (χ4v) is 2.42. The van der Waals surface area contributed by atoms with E-state index in [4.69, 9.17) is 0 Å². The maximum Gasteiger partial charge on any atom is 0.251 e. The van der Waals surface area contributed by atoms with E-state index in [1.807, 2.05) is 52.8 Å². The van der Waals surface area contributed by atoms with Crippen molar-refractivity contribution in [3.63, 3.8) is 0 Å². The van der Waals surface area contributed by atoms with E-state index in [0.717, 1.165) is 17.5 Å². The molecular formula is C18H28N2O2. The highest BCUT2D eigenvalue weighted by molar-refractivity contribution is 5.97. The predicted molar refractivity (Wildman–Crippen MR) is 89.9 cm³/mol. The Kier molecular flexibility index (Phi) is 7.09. The van der Waals surface area contributed by atoms with Gasteiger partial charge in [0.25, 0.3) is 5.91 Å². The molecule has 2 amide bonds. The zero-order chi connectivity index (χ0) is 16.7. The number of hydrogen-bond acceptors (Lipinski definition) is 2. The second-order valence-electron chi connectivity index (χ2n) is 6.32. The minimum absolute atomic E-state index is 0.103. The fourth-order valence-electron chi connectivity index (χ4n) is 2.42. The Labute approximate surface area is 133 Å². The maximum absolute atomic E-state index is 12.4. The number of nitrogens with one attached hydrogen (secondary N) is 2. The Morgan fingerprint density at radius 3 is 2.18 bits per heavy atom. The van der Waals surface area contributed by atoms with Crippen LogP contribution < -0.4 is 10.6 Å². The van der Waals surface area contributed by atoms with E-state index in [1.54, 1.807) is 0 Å². The van der Waals surface area contributed by atoms with Crippen molar-refractivity contribution in [1.29, 1.82) is 0 Å². The van der Waals surface area contributed by atoms with Crippen LogP contribution in [0.25, 0.3) is 0 Å². The molecule has 0 aliphatic heterocycles. The van der Waals surface area contributed by atoms with Gasteiger partial charge < -0.3 is 10.6 Å². The van der Waals surface area contributed by atoms with Gasteiger partial charge in [-0.2, -0.15) is 0 Å². The van der Waals surface area contributed by atoms with Gasteiger partial charge >= 0.3 is 0 Å². The Morgan fingerprint density at radius 2 is 1.68 bits per heavy atom. The summed E-state index contributed by atoms with van der Waals surface area (Å²) in [6.45, 7) is 10.7. The van der Waals surface area contributed by atoms with Crippen molar-refractivity contribution < 1.29 is 9.59 Å². The van der Waals surface area contributed by atoms with E-state index < -0.39 is 6.04 Å². The van der Waals surface area contributed by atoms with Gasteiger partial charge in [0.2, 0.25) is 5.91 Å². The van der Waals surface area contributed by atoms with Crippen LogP contribution >= 0.6 is 0 Å². The summed E-state index contributed by atoms with van der Waals surface area (Å²) >= 11 is 0. The van der Waals surface area contributed by atoms with Crippen molar-refractivity contribution >= 4 is 11.8 Å². The van der Waals surface area contributed by atoms with Gasteiger partial charge in [-0.05, 0) is 44.7 Å². The number of benzene rings is 1. The minimum atomic E-state index is -0.486. The zero-order valence-electron chi connectivity index (χ0n) is 14.3. The molecule has 1 aromatic carbocycles. The molecule has 0 saturated carbocycles. The first-order chi connectivity index (χ1) is 10.3. The second-order valence-corrected chi connectivity index (χ2v) is 6.32. The largest absolute Gasteiger partial charge is 0.354 e. The van der Waals surface area contributed by atoms with E-state index in [2.05, 4.69) is 10.6 Å². The highest BCUT2D eigenvalue weighted by atomic mass is 16.2. The molecule has 2 N–H and O–H groups in total. The van der Waals surface area contributed by atoms with Gasteiger partial charge in [0, 0.05) is 12.1 Å². The number of hydrogen-bond donors (Lipinski definition) is 2. The van der Waals surface area contributed by atoms with Crippen LogP contribution in [0.4, 0.5) is 0 Å². The van der Waals surface area contributed by atoms with Gasteiger partial charge in [-0.1, -0.05) is 38.0 Å². The molecule has 0 aliphatic carbocycles. The summed E-state index contributed by atoms with van der Waals surface area (Å²) in [6, 6.07) is 5.23. The van der Waals surface area contributed by atoms with Crippen LogP contribution in [0.15, 0.2) is 18.2 Å². The maximum atomic E-state index is 12.4. The van der Waals surface area contributed by atoms with Crippen LogP contribution in [-0.2, 0) is 4.79 Å². The molecule has 1 atom stereocenters. The third-order valence-corrected chi connectivity index (χ3v) is 3.36. The number of amides is 2. The van der Waals surface area contributed by atoms with Gasteiger partial charge in [0.05, 0.1) is 0 Å². The molecule has 0 aromatic heterocycles. The lowest BCUT2D eigenvalue weighted by molar-refractivity contribution is -0.123. The van der Waals surface area contributed by atoms with Gasteiger partial charge in [0.1, 0.15) is 6.04 Å². The Balaban J connectivity index is 2.83. The van der Waals surface area contributed by atoms with E-state index in [1.165, 1.54) is 0 Å². The molecule has 1 aromatic rings. The zero-order valence-corrected chi connectivity index (χ0v) is 14.3. The van der Waals surface area contributed by atoms with Crippen molar-refractivity contribution in [2.24, 2.45) is 5.92 Å². The average Bonchev–Trinajstić information content (AvgIpc) is 2.42. The summed E-state index contributed by atoms with van der Waals surface area (Å²) in [7, 11) is 0. The Morgan fingerprint density at radius 1 is 1.09 bits per heavy atom. The lowest BCUT2D eigenvalue weighted by Gasteiger charge is -2.20. The van der Waals surface area contributed by atoms with E-state index >= 15 is 0 Å². The molecule has 4 nitrogen and oxygen atoms in total. The van der Waals surface area contributed by atoms with E-state index in [-0.39, 0.29) is 11.8 Å². The van der Waals surface area contributed by atoms with Crippen molar-refractivity contribution in [1.82, 2.24) is 10.6 Å². The summed E-state index contributed by atoms with van der Waals surface area (Å²) < 4.78 is 0. The van der Waals surface area contributed by atoms with Crippen molar-refractivity contribution in [2.75, 3.05) is 6.54 Å². The predicted octanol–water partition coefficient (Wildman–Crippen LogP) is 2.97. The Hall–Kier alpha value is -1.84. The minimum Gasteiger partial charge on any atom is -0.354 e. The summed E-state index contributed by atoms with van der Waals surface area (Å²) in [5.74, 6) is 0.0364. The topological polar surface area (TPSA) is 58.2 Å². The lowest BCUT2D eigenvalue weighted by Crippen LogP contribution is -2.47. The molecule has 0 saturated heterocycles. The smallest absolute Gasteiger partial charge is 0.251 e. The molecule has 0 heterocycles. The number of carbonyl (C=O) groups is 2. The second kappa shape index (κ2) is 8.57. The molecular weight excluding hydrogens is 276 g/mol. The van der Waals surface area contributed by atoms with Crippen LogP contribution in [0.5, 0.6) is 0 Å². The summed E-state index contributed by atoms with van der Waals surface area (Å²) in [4.78, 5) is 24.6. The quantitative estimate of drug-likeness (QED) is 0.813. The lowest BCUT2D eigenvalue weighted by atomic mass is 10.0. The number of rotatable bonds is 7. The highest BCUT2D eigenvalue weighted by Crippen LogP contribution is 2.11. The molecule has 4 heteroatoms. The first-order valence-electron chi connectivity index (χ1n) is 8.00. The van der Waals surface area contributed by atoms with Gasteiger partial charge in [0.15, 0.2) is 0 Å². The van der Waals surface area contributed by atoms with Gasteiger partial charge in [-0.3, -0.25) is 9.59 Å². The number of aryl methyl sites for hydroxylation is 2. The summed E-state index contributed by atoms with van der Waals surface area (Å²) in [5, 5.41) is 5.74. The molecule has 22 heavy (non-hydrogen) atoms. The van der Waals surface area contributed by atoms with Crippen LogP contribution in [0.2, 0.25) is 0 Å². The normalized spacial score (nSPS) is 12.1. The number of carbonyl (C=O) groups excluding carboxylic acids is 2. The monoisotopic (exact) mass is 304 g/mol. The molecule has 1 rings (SSSR count). The molecule has 0 bridgehead atoms. The standard InChI is InChI=1S/C18H28N2O2/c1-6-7-19-18(22)16(8-12(2)3)20-17(21)15-10-13(4)9-14(5)11-15/h9-12,16H,6-8H2,1-5H3,(H,19,22)(H,20,21). The molecule has 1 unspecified atom stereocenters. The molecule has 0 aliphatic rings. The first kappa shape index (κ1) is 18.2. The first-order valence-corrected chi connectivity index (χ1v) is 8.00. The highest BCUT2D eigenvalue weighted by Gasteiger charge is 2.22. The summed E-state index contributed by atoms with van der Waals surface area (Å²) in [6.07, 6.45) is 1.51. The van der Waals surface area contributed by atoms with E-state index in [9.17, 15) is 9.59 Å². The molecule has 122 valence electrons. The molecule has 0 spiro atoms.